The Hall–Kier alpha value is -2.24. The first-order valence-electron chi connectivity index (χ1n) is 10.7. The lowest BCUT2D eigenvalue weighted by atomic mass is 9.98. The molecule has 1 aromatic carbocycles. The topological polar surface area (TPSA) is 62.7 Å². The molecule has 0 bridgehead atoms. The summed E-state index contributed by atoms with van der Waals surface area (Å²) in [7, 11) is 2.05. The van der Waals surface area contributed by atoms with E-state index in [0.29, 0.717) is 11.6 Å². The van der Waals surface area contributed by atoms with E-state index >= 15 is 0 Å². The predicted octanol–water partition coefficient (Wildman–Crippen LogP) is 6.02. The fourth-order valence-electron chi connectivity index (χ4n) is 3.13. The minimum atomic E-state index is 0.666. The van der Waals surface area contributed by atoms with Crippen LogP contribution in [0.25, 0.3) is 11.0 Å². The molecule has 6 heteroatoms. The van der Waals surface area contributed by atoms with Gasteiger partial charge in [0, 0.05) is 31.2 Å². The highest BCUT2D eigenvalue weighted by atomic mass is 35.5. The third-order valence-corrected chi connectivity index (χ3v) is 5.84. The van der Waals surface area contributed by atoms with Crippen LogP contribution in [0, 0.1) is 12.8 Å². The van der Waals surface area contributed by atoms with Crippen molar-refractivity contribution < 1.29 is 0 Å². The number of hydrogen-bond acceptors (Lipinski definition) is 5. The lowest BCUT2D eigenvalue weighted by molar-refractivity contribution is 0.404. The lowest BCUT2D eigenvalue weighted by Crippen LogP contribution is -2.26. The van der Waals surface area contributed by atoms with Crippen molar-refractivity contribution in [2.24, 2.45) is 5.92 Å². The van der Waals surface area contributed by atoms with Crippen LogP contribution in [0.5, 0.6) is 0 Å². The van der Waals surface area contributed by atoms with Gasteiger partial charge in [-0.2, -0.15) is 0 Å². The molecule has 3 rings (SSSR count). The molecule has 0 saturated heterocycles. The smallest absolute Gasteiger partial charge is 0.0890 e. The van der Waals surface area contributed by atoms with Gasteiger partial charge in [0.25, 0.3) is 0 Å². The molecule has 0 radical (unpaired) electrons. The molecule has 3 aromatic rings. The van der Waals surface area contributed by atoms with E-state index in [0.717, 1.165) is 39.8 Å². The zero-order valence-corrected chi connectivity index (χ0v) is 19.5. The van der Waals surface area contributed by atoms with Crippen LogP contribution in [0.4, 0.5) is 5.69 Å². The third-order valence-electron chi connectivity index (χ3n) is 5.46. The van der Waals surface area contributed by atoms with Gasteiger partial charge in [-0.05, 0) is 56.0 Å². The summed E-state index contributed by atoms with van der Waals surface area (Å²) in [5.74, 6) is 0.873. The number of nitrogens with one attached hydrogen (secondary N) is 2. The quantitative estimate of drug-likeness (QED) is 0.460. The highest BCUT2D eigenvalue weighted by Gasteiger charge is 2.06. The Kier molecular flexibility index (Phi) is 9.98. The van der Waals surface area contributed by atoms with Crippen molar-refractivity contribution in [3.05, 3.63) is 59.1 Å². The number of aromatic nitrogens is 3. The predicted molar refractivity (Wildman–Crippen MR) is 128 cm³/mol. The maximum Gasteiger partial charge on any atom is 0.0890 e. The van der Waals surface area contributed by atoms with Crippen molar-refractivity contribution in [2.75, 3.05) is 12.4 Å². The summed E-state index contributed by atoms with van der Waals surface area (Å²) in [5, 5.41) is 7.32. The molecule has 2 atom stereocenters. The molecule has 2 N–H and O–H groups in total. The van der Waals surface area contributed by atoms with Crippen LogP contribution >= 0.6 is 11.6 Å². The third kappa shape index (κ3) is 7.22. The average molecular weight is 428 g/mol. The molecule has 0 fully saturated rings. The molecule has 5 nitrogen and oxygen atoms in total. The second-order valence-electron chi connectivity index (χ2n) is 7.67. The van der Waals surface area contributed by atoms with Crippen molar-refractivity contribution in [2.45, 2.75) is 59.5 Å². The normalized spacial score (nSPS) is 12.7. The number of pyridine rings is 1. The van der Waals surface area contributed by atoms with Gasteiger partial charge in [0.2, 0.25) is 0 Å². The zero-order chi connectivity index (χ0) is 21.9. The fourth-order valence-corrected chi connectivity index (χ4v) is 3.29. The van der Waals surface area contributed by atoms with Crippen LogP contribution < -0.4 is 10.6 Å². The van der Waals surface area contributed by atoms with E-state index < -0.39 is 0 Å². The first kappa shape index (κ1) is 24.0. The molecule has 2 heterocycles. The van der Waals surface area contributed by atoms with Crippen molar-refractivity contribution in [1.29, 1.82) is 0 Å². The maximum atomic E-state index is 6.05. The summed E-state index contributed by atoms with van der Waals surface area (Å²) in [4.78, 5) is 12.7. The molecule has 0 amide bonds. The van der Waals surface area contributed by atoms with Crippen LogP contribution in [0.3, 0.4) is 0 Å². The van der Waals surface area contributed by atoms with Gasteiger partial charge >= 0.3 is 0 Å². The number of anilines is 1. The van der Waals surface area contributed by atoms with Crippen molar-refractivity contribution >= 4 is 28.3 Å². The Balaban J connectivity index is 0.000000274. The van der Waals surface area contributed by atoms with Gasteiger partial charge < -0.3 is 10.6 Å². The van der Waals surface area contributed by atoms with E-state index in [1.807, 2.05) is 25.1 Å². The minimum Gasteiger partial charge on any atom is -0.379 e. The fraction of sp³-hybridized carbons (Fsp3) is 0.458. The number of nitrogens with zero attached hydrogens (tertiary/aromatic N) is 3. The molecule has 162 valence electrons. The Morgan fingerprint density at radius 1 is 1.03 bits per heavy atom. The van der Waals surface area contributed by atoms with E-state index in [9.17, 15) is 0 Å². The summed E-state index contributed by atoms with van der Waals surface area (Å²) in [6.45, 7) is 9.48. The number of halogens is 1. The molecular formula is C24H34ClN5. The van der Waals surface area contributed by atoms with Gasteiger partial charge in [0.1, 0.15) is 0 Å². The summed E-state index contributed by atoms with van der Waals surface area (Å²) < 4.78 is 0. The van der Waals surface area contributed by atoms with Crippen LogP contribution in [0.1, 0.15) is 51.2 Å². The summed E-state index contributed by atoms with van der Waals surface area (Å²) in [6.07, 6.45) is 10.7. The number of hydrogen-bond donors (Lipinski definition) is 2. The van der Waals surface area contributed by atoms with Crippen molar-refractivity contribution in [3.63, 3.8) is 0 Å². The molecule has 30 heavy (non-hydrogen) atoms. The van der Waals surface area contributed by atoms with Crippen LogP contribution in [0.2, 0.25) is 5.02 Å². The Bertz CT molecular complexity index is 911. The molecule has 0 spiro atoms. The Labute approximate surface area is 185 Å². The van der Waals surface area contributed by atoms with E-state index in [1.54, 1.807) is 24.8 Å². The second kappa shape index (κ2) is 12.5. The van der Waals surface area contributed by atoms with Gasteiger partial charge in [0.05, 0.1) is 27.9 Å². The van der Waals surface area contributed by atoms with E-state index in [2.05, 4.69) is 53.4 Å². The van der Waals surface area contributed by atoms with Crippen LogP contribution in [-0.2, 0) is 6.54 Å². The highest BCUT2D eigenvalue weighted by molar-refractivity contribution is 6.31. The zero-order valence-electron chi connectivity index (χ0n) is 18.7. The lowest BCUT2D eigenvalue weighted by Gasteiger charge is -2.17. The van der Waals surface area contributed by atoms with Gasteiger partial charge in [-0.15, -0.1) is 0 Å². The minimum absolute atomic E-state index is 0.666. The number of benzene rings is 1. The molecule has 0 aliphatic heterocycles. The highest BCUT2D eigenvalue weighted by Crippen LogP contribution is 2.22. The number of rotatable bonds is 8. The molecular weight excluding hydrogens is 394 g/mol. The molecule has 0 aliphatic rings. The molecule has 0 aliphatic carbocycles. The largest absolute Gasteiger partial charge is 0.379 e. The Morgan fingerprint density at radius 3 is 2.43 bits per heavy atom. The first-order chi connectivity index (χ1) is 14.5. The van der Waals surface area contributed by atoms with Crippen LogP contribution in [0.15, 0.2) is 43.0 Å². The summed E-state index contributed by atoms with van der Waals surface area (Å²) in [5.41, 5.74) is 4.88. The second-order valence-corrected chi connectivity index (χ2v) is 8.08. The molecule has 0 saturated carbocycles. The summed E-state index contributed by atoms with van der Waals surface area (Å²) >= 11 is 6.05. The standard InChI is InChI=1S/C15H13ClN4.C9H21N/c1-10-12(16)8-17-9-15(10)20-7-11-2-3-13-14(6-11)19-5-4-18-13;1-5-8(3)7-9(6-2)10-4/h2-6,8-9,20H,7H2,1H3;8-10H,5-7H2,1-4H3. The Morgan fingerprint density at radius 2 is 1.77 bits per heavy atom. The summed E-state index contributed by atoms with van der Waals surface area (Å²) in [6, 6.07) is 6.78. The number of fused-ring (bicyclic) bond motifs is 1. The monoisotopic (exact) mass is 427 g/mol. The van der Waals surface area contributed by atoms with Crippen molar-refractivity contribution in [3.8, 4) is 0 Å². The van der Waals surface area contributed by atoms with Gasteiger partial charge in [-0.1, -0.05) is 44.9 Å². The molecule has 2 unspecified atom stereocenters. The van der Waals surface area contributed by atoms with E-state index in [1.165, 1.54) is 19.3 Å². The average Bonchev–Trinajstić information content (AvgIpc) is 2.78. The van der Waals surface area contributed by atoms with E-state index in [-0.39, 0.29) is 0 Å². The van der Waals surface area contributed by atoms with E-state index in [4.69, 9.17) is 11.6 Å². The maximum absolute atomic E-state index is 6.05. The van der Waals surface area contributed by atoms with Crippen LogP contribution in [-0.4, -0.2) is 28.0 Å². The van der Waals surface area contributed by atoms with Crippen molar-refractivity contribution in [1.82, 2.24) is 20.3 Å². The SMILES string of the molecule is CCC(C)CC(CC)NC.Cc1c(Cl)cncc1NCc1ccc2nccnc2c1. The molecule has 2 aromatic heterocycles. The van der Waals surface area contributed by atoms with Gasteiger partial charge in [0.15, 0.2) is 0 Å². The first-order valence-corrected chi connectivity index (χ1v) is 11.1. The van der Waals surface area contributed by atoms with Gasteiger partial charge in [-0.3, -0.25) is 15.0 Å². The van der Waals surface area contributed by atoms with Gasteiger partial charge in [-0.25, -0.2) is 0 Å².